The normalized spacial score (nSPS) is 17.1. The van der Waals surface area contributed by atoms with Crippen LogP contribution in [0.15, 0.2) is 42.5 Å². The molecule has 3 heteroatoms. The van der Waals surface area contributed by atoms with E-state index in [-0.39, 0.29) is 24.0 Å². The Hall–Kier alpha value is -1.94. The van der Waals surface area contributed by atoms with Gasteiger partial charge in [-0.05, 0) is 76.3 Å². The van der Waals surface area contributed by atoms with Gasteiger partial charge in [0.15, 0.2) is 0 Å². The molecular formula is C30H42O3. The van der Waals surface area contributed by atoms with Gasteiger partial charge in [0, 0.05) is 0 Å². The summed E-state index contributed by atoms with van der Waals surface area (Å²) in [6, 6.07) is 13.0. The zero-order valence-corrected chi connectivity index (χ0v) is 20.9. The third kappa shape index (κ3) is 6.15. The van der Waals surface area contributed by atoms with Crippen molar-refractivity contribution in [2.24, 2.45) is 5.41 Å². The van der Waals surface area contributed by atoms with Crippen molar-refractivity contribution >= 4 is 6.08 Å². The second-order valence-corrected chi connectivity index (χ2v) is 10.8. The summed E-state index contributed by atoms with van der Waals surface area (Å²) < 4.78 is 0. The van der Waals surface area contributed by atoms with Crippen LogP contribution in [0.5, 0.6) is 0 Å². The van der Waals surface area contributed by atoms with Crippen LogP contribution < -0.4 is 0 Å². The molecule has 0 aliphatic heterocycles. The van der Waals surface area contributed by atoms with Crippen molar-refractivity contribution in [2.45, 2.75) is 97.4 Å². The van der Waals surface area contributed by atoms with Gasteiger partial charge in [0.2, 0.25) is 0 Å². The predicted molar refractivity (Wildman–Crippen MR) is 137 cm³/mol. The maximum atomic E-state index is 10.4. The minimum absolute atomic E-state index is 0.0341. The highest BCUT2D eigenvalue weighted by Crippen LogP contribution is 2.45. The number of hydrogen-bond donors (Lipinski definition) is 3. The van der Waals surface area contributed by atoms with Crippen molar-refractivity contribution in [1.29, 1.82) is 0 Å². The third-order valence-corrected chi connectivity index (χ3v) is 7.55. The zero-order chi connectivity index (χ0) is 24.1. The summed E-state index contributed by atoms with van der Waals surface area (Å²) in [5.74, 6) is 0. The van der Waals surface area contributed by atoms with Gasteiger partial charge in [-0.25, -0.2) is 0 Å². The molecule has 0 spiro atoms. The topological polar surface area (TPSA) is 60.7 Å². The maximum Gasteiger partial charge on any atom is 0.0772 e. The largest absolute Gasteiger partial charge is 0.392 e. The van der Waals surface area contributed by atoms with Crippen LogP contribution in [0, 0.1) is 5.41 Å². The highest BCUT2D eigenvalue weighted by atomic mass is 16.3. The van der Waals surface area contributed by atoms with Crippen LogP contribution in [-0.2, 0) is 31.5 Å². The first-order valence-corrected chi connectivity index (χ1v) is 12.5. The summed E-state index contributed by atoms with van der Waals surface area (Å²) in [5, 5.41) is 29.5. The Kier molecular flexibility index (Phi) is 8.55. The van der Waals surface area contributed by atoms with E-state index in [2.05, 4.69) is 64.1 Å². The molecule has 2 aromatic carbocycles. The van der Waals surface area contributed by atoms with E-state index in [1.54, 1.807) is 0 Å². The Morgan fingerprint density at radius 3 is 2.24 bits per heavy atom. The van der Waals surface area contributed by atoms with Crippen molar-refractivity contribution in [1.82, 2.24) is 0 Å². The van der Waals surface area contributed by atoms with E-state index in [0.29, 0.717) is 0 Å². The lowest BCUT2D eigenvalue weighted by Crippen LogP contribution is -2.24. The lowest BCUT2D eigenvalue weighted by molar-refractivity contribution is 0.106. The van der Waals surface area contributed by atoms with Gasteiger partial charge in [0.25, 0.3) is 0 Å². The molecule has 3 rings (SSSR count). The van der Waals surface area contributed by atoms with Gasteiger partial charge in [-0.15, -0.1) is 0 Å². The predicted octanol–water partition coefficient (Wildman–Crippen LogP) is 6.10. The summed E-state index contributed by atoms with van der Waals surface area (Å²) in [6.07, 6.45) is 11.6. The Balaban J connectivity index is 1.83. The van der Waals surface area contributed by atoms with E-state index in [4.69, 9.17) is 0 Å². The number of rotatable bonds is 9. The van der Waals surface area contributed by atoms with E-state index in [1.165, 1.54) is 47.9 Å². The molecule has 2 aromatic rings. The first kappa shape index (κ1) is 25.7. The molecule has 0 amide bonds. The number of aryl methyl sites for hydroxylation is 2. The molecule has 3 nitrogen and oxygen atoms in total. The summed E-state index contributed by atoms with van der Waals surface area (Å²) in [7, 11) is 0. The van der Waals surface area contributed by atoms with Crippen molar-refractivity contribution in [3.8, 4) is 0 Å². The van der Waals surface area contributed by atoms with Crippen LogP contribution in [0.1, 0.15) is 93.2 Å². The highest BCUT2D eigenvalue weighted by molar-refractivity contribution is 5.56. The molecule has 0 heterocycles. The third-order valence-electron chi connectivity index (χ3n) is 7.55. The molecule has 0 aromatic heterocycles. The molecule has 1 saturated carbocycles. The summed E-state index contributed by atoms with van der Waals surface area (Å²) in [6.45, 7) is 8.29. The SMILES string of the molecule is CCc1cc(C2(CCc3ccc(CO)c(CO)c3)CCCC2)ccc1C=CC(O)C(C)(C)C. The summed E-state index contributed by atoms with van der Waals surface area (Å²) >= 11 is 0. The van der Waals surface area contributed by atoms with Crippen molar-refractivity contribution in [2.75, 3.05) is 0 Å². The Labute approximate surface area is 200 Å². The molecule has 180 valence electrons. The second-order valence-electron chi connectivity index (χ2n) is 10.8. The number of hydrogen-bond acceptors (Lipinski definition) is 3. The quantitative estimate of drug-likeness (QED) is 0.433. The van der Waals surface area contributed by atoms with Crippen LogP contribution in [0.25, 0.3) is 6.08 Å². The van der Waals surface area contributed by atoms with Crippen LogP contribution in [0.2, 0.25) is 0 Å². The Morgan fingerprint density at radius 2 is 1.64 bits per heavy atom. The molecule has 3 N–H and O–H groups in total. The fourth-order valence-electron chi connectivity index (χ4n) is 5.14. The fraction of sp³-hybridized carbons (Fsp3) is 0.533. The van der Waals surface area contributed by atoms with Crippen LogP contribution in [-0.4, -0.2) is 21.4 Å². The van der Waals surface area contributed by atoms with E-state index >= 15 is 0 Å². The van der Waals surface area contributed by atoms with E-state index in [1.807, 2.05) is 12.1 Å². The standard InChI is InChI=1S/C30H42O3/c1-5-23-19-27(12-10-24(23)11-13-28(33)29(2,3)4)30(15-6-7-16-30)17-14-22-8-9-25(20-31)26(18-22)21-32/h8-13,18-19,28,31-33H,5-7,14-17,20-21H2,1-4H3. The van der Waals surface area contributed by atoms with Crippen molar-refractivity contribution in [3.05, 3.63) is 75.9 Å². The second kappa shape index (κ2) is 11.0. The molecule has 33 heavy (non-hydrogen) atoms. The van der Waals surface area contributed by atoms with Crippen LogP contribution in [0.4, 0.5) is 0 Å². The molecule has 1 aliphatic carbocycles. The van der Waals surface area contributed by atoms with Gasteiger partial charge in [-0.1, -0.05) is 89.1 Å². The van der Waals surface area contributed by atoms with Gasteiger partial charge in [0.05, 0.1) is 19.3 Å². The number of benzene rings is 2. The van der Waals surface area contributed by atoms with Gasteiger partial charge in [-0.3, -0.25) is 0 Å². The Bertz CT molecular complexity index is 945. The van der Waals surface area contributed by atoms with Crippen molar-refractivity contribution < 1.29 is 15.3 Å². The monoisotopic (exact) mass is 450 g/mol. The minimum atomic E-state index is -0.468. The molecular weight excluding hydrogens is 408 g/mol. The molecule has 0 saturated heterocycles. The van der Waals surface area contributed by atoms with E-state index in [0.717, 1.165) is 30.4 Å². The number of aliphatic hydroxyl groups excluding tert-OH is 3. The molecule has 1 unspecified atom stereocenters. The lowest BCUT2D eigenvalue weighted by Gasteiger charge is -2.31. The highest BCUT2D eigenvalue weighted by Gasteiger charge is 2.35. The zero-order valence-electron chi connectivity index (χ0n) is 20.9. The molecule has 0 bridgehead atoms. The number of aliphatic hydroxyl groups is 3. The average molecular weight is 451 g/mol. The molecule has 1 fully saturated rings. The summed E-state index contributed by atoms with van der Waals surface area (Å²) in [5.41, 5.74) is 6.89. The minimum Gasteiger partial charge on any atom is -0.392 e. The van der Waals surface area contributed by atoms with Crippen molar-refractivity contribution in [3.63, 3.8) is 0 Å². The van der Waals surface area contributed by atoms with Gasteiger partial charge in [0.1, 0.15) is 0 Å². The van der Waals surface area contributed by atoms with E-state index in [9.17, 15) is 15.3 Å². The molecule has 1 atom stereocenters. The van der Waals surface area contributed by atoms with Crippen LogP contribution in [0.3, 0.4) is 0 Å². The fourth-order valence-corrected chi connectivity index (χ4v) is 5.14. The van der Waals surface area contributed by atoms with Crippen LogP contribution >= 0.6 is 0 Å². The average Bonchev–Trinajstić information content (AvgIpc) is 3.30. The Morgan fingerprint density at radius 1 is 0.939 bits per heavy atom. The van der Waals surface area contributed by atoms with Gasteiger partial charge in [-0.2, -0.15) is 0 Å². The smallest absolute Gasteiger partial charge is 0.0772 e. The van der Waals surface area contributed by atoms with Gasteiger partial charge >= 0.3 is 0 Å². The maximum absolute atomic E-state index is 10.4. The molecule has 1 aliphatic rings. The van der Waals surface area contributed by atoms with E-state index < -0.39 is 6.10 Å². The van der Waals surface area contributed by atoms with Gasteiger partial charge < -0.3 is 15.3 Å². The first-order valence-electron chi connectivity index (χ1n) is 12.5. The first-order chi connectivity index (χ1) is 15.7. The lowest BCUT2D eigenvalue weighted by atomic mass is 9.73. The summed E-state index contributed by atoms with van der Waals surface area (Å²) in [4.78, 5) is 0. The molecule has 0 radical (unpaired) electrons.